The van der Waals surface area contributed by atoms with E-state index < -0.39 is 38.1 Å². The summed E-state index contributed by atoms with van der Waals surface area (Å²) < 4.78 is 57.1. The molecule has 0 radical (unpaired) electrons. The van der Waals surface area contributed by atoms with E-state index in [0.29, 0.717) is 35.6 Å². The number of halogens is 1. The van der Waals surface area contributed by atoms with Crippen molar-refractivity contribution in [3.8, 4) is 12.1 Å². The number of nitrogen functional groups attached to an aromatic ring is 1. The largest absolute Gasteiger partial charge is 0.472 e. The van der Waals surface area contributed by atoms with Gasteiger partial charge in [-0.2, -0.15) is 15.6 Å². The predicted molar refractivity (Wildman–Crippen MR) is 211 cm³/mol. The molecule has 0 spiro atoms. The molecule has 56 heavy (non-hydrogen) atoms. The first-order valence-electron chi connectivity index (χ1n) is 20.4. The van der Waals surface area contributed by atoms with E-state index >= 15 is 0 Å². The molecule has 1 unspecified atom stereocenters. The number of benzene rings is 1. The Labute approximate surface area is 331 Å². The number of nitrogens with zero attached hydrogens (tertiary/aromatic N) is 5. The average molecular weight is 799 g/mol. The van der Waals surface area contributed by atoms with Gasteiger partial charge < -0.3 is 24.8 Å². The lowest BCUT2D eigenvalue weighted by Crippen LogP contribution is -2.32. The number of ether oxygens (including phenoxy) is 3. The second kappa shape index (κ2) is 24.3. The highest BCUT2D eigenvalue weighted by Gasteiger charge is 2.44. The van der Waals surface area contributed by atoms with Gasteiger partial charge in [-0.1, -0.05) is 103 Å². The van der Waals surface area contributed by atoms with Crippen molar-refractivity contribution in [2.24, 2.45) is 0 Å². The van der Waals surface area contributed by atoms with Crippen LogP contribution >= 0.6 is 7.82 Å². The van der Waals surface area contributed by atoms with Gasteiger partial charge >= 0.3 is 7.82 Å². The third-order valence-corrected chi connectivity index (χ3v) is 11.1. The number of nitriles is 2. The SMILES string of the molecule is CCCCCCCCCCCCCCCCCCOC[C@H](COP(=O)(O)OC[C@]1(C#N)CC[C@H](c2ccc3c(N)ncnn23)O1)OCc1cc(F)cc(C#N)c1. The van der Waals surface area contributed by atoms with Crippen molar-refractivity contribution in [3.63, 3.8) is 0 Å². The molecule has 3 N–H and O–H groups in total. The van der Waals surface area contributed by atoms with Gasteiger partial charge in [0, 0.05) is 6.61 Å². The van der Waals surface area contributed by atoms with Crippen LogP contribution in [-0.2, 0) is 34.4 Å². The monoisotopic (exact) mass is 798 g/mol. The van der Waals surface area contributed by atoms with Gasteiger partial charge in [0.1, 0.15) is 42.5 Å². The lowest BCUT2D eigenvalue weighted by molar-refractivity contribution is -0.0590. The number of hydrogen-bond donors (Lipinski definition) is 2. The van der Waals surface area contributed by atoms with Crippen molar-refractivity contribution in [2.45, 2.75) is 147 Å². The average Bonchev–Trinajstić information content (AvgIpc) is 3.83. The second-order valence-corrected chi connectivity index (χ2v) is 16.2. The number of nitrogens with two attached hydrogens (primary N) is 1. The van der Waals surface area contributed by atoms with E-state index in [1.54, 1.807) is 16.6 Å². The molecular weight excluding hydrogens is 738 g/mol. The molecule has 3 heterocycles. The van der Waals surface area contributed by atoms with Crippen LogP contribution in [0, 0.1) is 28.5 Å². The molecule has 0 bridgehead atoms. The molecule has 1 fully saturated rings. The minimum Gasteiger partial charge on any atom is -0.382 e. The highest BCUT2D eigenvalue weighted by Crippen LogP contribution is 2.47. The molecule has 15 heteroatoms. The number of rotatable bonds is 29. The Balaban J connectivity index is 1.17. The zero-order valence-electron chi connectivity index (χ0n) is 32.9. The third-order valence-electron chi connectivity index (χ3n) is 10.1. The van der Waals surface area contributed by atoms with Crippen LogP contribution < -0.4 is 5.73 Å². The van der Waals surface area contributed by atoms with E-state index in [-0.39, 0.29) is 31.8 Å². The Hall–Kier alpha value is -3.46. The van der Waals surface area contributed by atoms with E-state index in [1.165, 1.54) is 102 Å². The molecule has 0 aliphatic carbocycles. The maximum absolute atomic E-state index is 14.1. The van der Waals surface area contributed by atoms with Gasteiger partial charge in [0.15, 0.2) is 11.4 Å². The van der Waals surface area contributed by atoms with Gasteiger partial charge in [0.25, 0.3) is 0 Å². The maximum Gasteiger partial charge on any atom is 0.472 e. The summed E-state index contributed by atoms with van der Waals surface area (Å²) in [6.45, 7) is 1.79. The first-order chi connectivity index (χ1) is 27.2. The van der Waals surface area contributed by atoms with E-state index in [0.717, 1.165) is 25.3 Å². The van der Waals surface area contributed by atoms with Crippen LogP contribution in [0.25, 0.3) is 5.52 Å². The highest BCUT2D eigenvalue weighted by molar-refractivity contribution is 7.47. The summed E-state index contributed by atoms with van der Waals surface area (Å²) in [5, 5.41) is 23.5. The van der Waals surface area contributed by atoms with E-state index in [2.05, 4.69) is 23.1 Å². The fourth-order valence-corrected chi connectivity index (χ4v) is 7.73. The molecule has 13 nitrogen and oxygen atoms in total. The van der Waals surface area contributed by atoms with Crippen LogP contribution in [0.15, 0.2) is 36.7 Å². The molecule has 4 rings (SSSR count). The molecule has 3 aromatic rings. The molecule has 1 saturated heterocycles. The van der Waals surface area contributed by atoms with Gasteiger partial charge in [-0.25, -0.2) is 18.5 Å². The Bertz CT molecular complexity index is 1750. The Kier molecular flexibility index (Phi) is 19.7. The number of fused-ring (bicyclic) bond motifs is 1. The first-order valence-corrected chi connectivity index (χ1v) is 21.8. The van der Waals surface area contributed by atoms with Crippen molar-refractivity contribution in [2.75, 3.05) is 32.2 Å². The Morgan fingerprint density at radius 1 is 0.982 bits per heavy atom. The van der Waals surface area contributed by atoms with Crippen LogP contribution in [0.3, 0.4) is 0 Å². The van der Waals surface area contributed by atoms with Crippen LogP contribution in [-0.4, -0.2) is 57.6 Å². The lowest BCUT2D eigenvalue weighted by atomic mass is 10.0. The molecule has 2 aromatic heterocycles. The summed E-state index contributed by atoms with van der Waals surface area (Å²) in [6.07, 6.45) is 21.0. The van der Waals surface area contributed by atoms with Crippen molar-refractivity contribution >= 4 is 19.2 Å². The smallest absolute Gasteiger partial charge is 0.382 e. The summed E-state index contributed by atoms with van der Waals surface area (Å²) in [5.74, 6) is -0.276. The Morgan fingerprint density at radius 3 is 2.29 bits per heavy atom. The van der Waals surface area contributed by atoms with Crippen molar-refractivity contribution in [3.05, 3.63) is 59.3 Å². The molecule has 0 saturated carbocycles. The van der Waals surface area contributed by atoms with Gasteiger partial charge in [0.05, 0.1) is 37.1 Å². The summed E-state index contributed by atoms with van der Waals surface area (Å²) in [4.78, 5) is 14.6. The highest BCUT2D eigenvalue weighted by atomic mass is 31.2. The Morgan fingerprint density at radius 2 is 1.64 bits per heavy atom. The number of hydrogen-bond acceptors (Lipinski definition) is 11. The van der Waals surface area contributed by atoms with Gasteiger partial charge in [0.2, 0.25) is 0 Å². The topological polar surface area (TPSA) is 187 Å². The van der Waals surface area contributed by atoms with Crippen molar-refractivity contribution in [1.29, 1.82) is 10.5 Å². The maximum atomic E-state index is 14.1. The second-order valence-electron chi connectivity index (χ2n) is 14.8. The minimum absolute atomic E-state index is 0.0471. The van der Waals surface area contributed by atoms with Crippen LogP contribution in [0.1, 0.15) is 145 Å². The number of unbranched alkanes of at least 4 members (excludes halogenated alkanes) is 15. The quantitative estimate of drug-likeness (QED) is 0.0501. The fourth-order valence-electron chi connectivity index (χ4n) is 6.92. The fraction of sp³-hybridized carbons (Fsp3) is 0.659. The molecule has 308 valence electrons. The standard InChI is InChI=1S/C41H60FN6O7P/c1-2-3-4-5-6-7-8-9-10-11-12-13-14-15-16-17-22-51-28-36(52-27-34-23-33(26-43)24-35(42)25-34)29-53-56(49,50)54-31-41(30-44)21-20-39(55-41)37-18-19-38-40(45)46-32-47-48(37)38/h18-19,23-25,32,36,39H,2-17,20-22,27-29,31H2,1H3,(H,49,50)(H2,45,46,47)/t36-,39-,41-/m1/s1. The first kappa shape index (κ1) is 45.2. The lowest BCUT2D eigenvalue weighted by Gasteiger charge is -2.24. The number of phosphoric ester groups is 1. The van der Waals surface area contributed by atoms with E-state index in [4.69, 9.17) is 29.0 Å². The van der Waals surface area contributed by atoms with Gasteiger partial charge in [-0.15, -0.1) is 0 Å². The van der Waals surface area contributed by atoms with Crippen molar-refractivity contribution < 1.29 is 37.1 Å². The number of anilines is 1. The summed E-state index contributed by atoms with van der Waals surface area (Å²) >= 11 is 0. The van der Waals surface area contributed by atoms with Gasteiger partial charge in [-0.05, 0) is 55.2 Å². The minimum atomic E-state index is -4.69. The number of aromatic nitrogens is 3. The van der Waals surface area contributed by atoms with Crippen LogP contribution in [0.2, 0.25) is 0 Å². The zero-order chi connectivity index (χ0) is 40.1. The molecule has 1 aliphatic rings. The van der Waals surface area contributed by atoms with Crippen molar-refractivity contribution in [1.82, 2.24) is 14.6 Å². The normalized spacial score (nSPS) is 18.5. The summed E-state index contributed by atoms with van der Waals surface area (Å²) in [5.41, 5.74) is 6.27. The van der Waals surface area contributed by atoms with Crippen LogP contribution in [0.5, 0.6) is 0 Å². The number of phosphoric acid groups is 1. The van der Waals surface area contributed by atoms with Gasteiger partial charge in [-0.3, -0.25) is 9.05 Å². The molecular formula is C41H60FN6O7P. The third kappa shape index (κ3) is 15.5. The van der Waals surface area contributed by atoms with Crippen LogP contribution in [0.4, 0.5) is 10.2 Å². The predicted octanol–water partition coefficient (Wildman–Crippen LogP) is 9.43. The van der Waals surface area contributed by atoms with E-state index in [9.17, 15) is 24.4 Å². The summed E-state index contributed by atoms with van der Waals surface area (Å²) in [7, 11) is -4.69. The molecule has 0 amide bonds. The molecule has 1 aromatic carbocycles. The zero-order valence-corrected chi connectivity index (χ0v) is 33.8. The molecule has 4 atom stereocenters. The summed E-state index contributed by atoms with van der Waals surface area (Å²) in [6, 6.07) is 11.4. The molecule has 1 aliphatic heterocycles. The van der Waals surface area contributed by atoms with E-state index in [1.807, 2.05) is 6.07 Å².